The summed E-state index contributed by atoms with van der Waals surface area (Å²) in [5.41, 5.74) is 5.89. The summed E-state index contributed by atoms with van der Waals surface area (Å²) in [6.45, 7) is 2.18. The molecule has 1 rings (SSSR count). The zero-order valence-corrected chi connectivity index (χ0v) is 9.51. The molecule has 0 fully saturated rings. The van der Waals surface area contributed by atoms with Crippen LogP contribution in [0.2, 0.25) is 0 Å². The van der Waals surface area contributed by atoms with Gasteiger partial charge in [0.15, 0.2) is 0 Å². The van der Waals surface area contributed by atoms with E-state index < -0.39 is 0 Å². The molecular formula is C10H17N3O3. The molecule has 0 saturated heterocycles. The second kappa shape index (κ2) is 5.62. The van der Waals surface area contributed by atoms with Gasteiger partial charge in [0.1, 0.15) is 5.82 Å². The zero-order chi connectivity index (χ0) is 12.1. The van der Waals surface area contributed by atoms with Gasteiger partial charge in [-0.1, -0.05) is 0 Å². The lowest BCUT2D eigenvalue weighted by Crippen LogP contribution is -2.27. The topological polar surface area (TPSA) is 90.4 Å². The van der Waals surface area contributed by atoms with Crippen molar-refractivity contribution in [1.82, 2.24) is 9.55 Å². The Hall–Kier alpha value is -1.40. The quantitative estimate of drug-likeness (QED) is 0.709. The van der Waals surface area contributed by atoms with Crippen LogP contribution in [0.3, 0.4) is 0 Å². The molecule has 16 heavy (non-hydrogen) atoms. The zero-order valence-electron chi connectivity index (χ0n) is 9.51. The molecular weight excluding hydrogens is 210 g/mol. The summed E-state index contributed by atoms with van der Waals surface area (Å²) < 4.78 is 6.47. The molecule has 0 spiro atoms. The molecule has 90 valence electrons. The van der Waals surface area contributed by atoms with Crippen molar-refractivity contribution >= 4 is 5.82 Å². The van der Waals surface area contributed by atoms with Crippen LogP contribution >= 0.6 is 0 Å². The van der Waals surface area contributed by atoms with Crippen LogP contribution in [-0.4, -0.2) is 34.5 Å². The molecule has 1 aromatic rings. The van der Waals surface area contributed by atoms with Crippen molar-refractivity contribution in [2.45, 2.75) is 26.0 Å². The van der Waals surface area contributed by atoms with Crippen LogP contribution in [-0.2, 0) is 11.3 Å². The van der Waals surface area contributed by atoms with E-state index >= 15 is 0 Å². The Morgan fingerprint density at radius 1 is 1.69 bits per heavy atom. The Kier molecular flexibility index (Phi) is 4.45. The van der Waals surface area contributed by atoms with E-state index in [1.54, 1.807) is 13.1 Å². The third kappa shape index (κ3) is 3.04. The second-order valence-electron chi connectivity index (χ2n) is 3.61. The molecule has 6 nitrogen and oxygen atoms in total. The molecule has 6 heteroatoms. The summed E-state index contributed by atoms with van der Waals surface area (Å²) in [6, 6.07) is 0. The summed E-state index contributed by atoms with van der Waals surface area (Å²) in [5, 5.41) is 8.92. The first kappa shape index (κ1) is 12.7. The molecule has 0 aliphatic carbocycles. The van der Waals surface area contributed by atoms with Gasteiger partial charge in [-0.3, -0.25) is 4.57 Å². The lowest BCUT2D eigenvalue weighted by Gasteiger charge is -2.13. The van der Waals surface area contributed by atoms with Crippen LogP contribution in [0.4, 0.5) is 5.82 Å². The maximum Gasteiger partial charge on any atom is 0.349 e. The summed E-state index contributed by atoms with van der Waals surface area (Å²) in [6.07, 6.45) is 1.96. The number of rotatable bonds is 5. The molecule has 1 unspecified atom stereocenters. The fourth-order valence-electron chi connectivity index (χ4n) is 1.34. The lowest BCUT2D eigenvalue weighted by molar-refractivity contribution is 0.0401. The van der Waals surface area contributed by atoms with E-state index in [1.165, 1.54) is 11.7 Å². The van der Waals surface area contributed by atoms with E-state index in [2.05, 4.69) is 4.98 Å². The van der Waals surface area contributed by atoms with Crippen molar-refractivity contribution in [1.29, 1.82) is 0 Å². The third-order valence-corrected chi connectivity index (χ3v) is 2.44. The van der Waals surface area contributed by atoms with E-state index in [0.29, 0.717) is 13.0 Å². The van der Waals surface area contributed by atoms with E-state index in [9.17, 15) is 4.79 Å². The number of nitrogens with two attached hydrogens (primary N) is 1. The molecule has 3 N–H and O–H groups in total. The standard InChI is InChI=1S/C10H17N3O3/c1-7-5-13(10(15)12-9(7)11)4-3-8(6-14)16-2/h5,8,14H,3-4,6H2,1-2H3,(H2,11,12,15). The van der Waals surface area contributed by atoms with Crippen LogP contribution in [0.25, 0.3) is 0 Å². The highest BCUT2D eigenvalue weighted by atomic mass is 16.5. The summed E-state index contributed by atoms with van der Waals surface area (Å²) in [4.78, 5) is 15.1. The third-order valence-electron chi connectivity index (χ3n) is 2.44. The van der Waals surface area contributed by atoms with Gasteiger partial charge in [0.25, 0.3) is 0 Å². The number of aliphatic hydroxyl groups excluding tert-OH is 1. The Labute approximate surface area is 93.7 Å². The highest BCUT2D eigenvalue weighted by Crippen LogP contribution is 2.03. The Morgan fingerprint density at radius 2 is 2.38 bits per heavy atom. The van der Waals surface area contributed by atoms with Crippen molar-refractivity contribution in [3.63, 3.8) is 0 Å². The van der Waals surface area contributed by atoms with Gasteiger partial charge < -0.3 is 15.6 Å². The van der Waals surface area contributed by atoms with Gasteiger partial charge in [-0.05, 0) is 13.3 Å². The number of aromatic nitrogens is 2. The molecule has 0 amide bonds. The van der Waals surface area contributed by atoms with Gasteiger partial charge in [0, 0.05) is 25.4 Å². The average Bonchev–Trinajstić information content (AvgIpc) is 2.26. The smallest absolute Gasteiger partial charge is 0.349 e. The number of aryl methyl sites for hydroxylation is 2. The molecule has 0 aliphatic heterocycles. The fraction of sp³-hybridized carbons (Fsp3) is 0.600. The van der Waals surface area contributed by atoms with Gasteiger partial charge in [-0.25, -0.2) is 4.79 Å². The SMILES string of the molecule is COC(CO)CCn1cc(C)c(N)nc1=O. The van der Waals surface area contributed by atoms with Crippen LogP contribution in [0.15, 0.2) is 11.0 Å². The van der Waals surface area contributed by atoms with Crippen molar-refractivity contribution in [3.05, 3.63) is 22.2 Å². The van der Waals surface area contributed by atoms with Crippen LogP contribution in [0, 0.1) is 6.92 Å². The molecule has 0 saturated carbocycles. The first-order chi connectivity index (χ1) is 7.58. The predicted octanol–water partition coefficient (Wildman–Crippen LogP) is -0.469. The highest BCUT2D eigenvalue weighted by Gasteiger charge is 2.07. The van der Waals surface area contributed by atoms with E-state index in [0.717, 1.165) is 5.56 Å². The second-order valence-corrected chi connectivity index (χ2v) is 3.61. The average molecular weight is 227 g/mol. The maximum atomic E-state index is 11.4. The van der Waals surface area contributed by atoms with Crippen molar-refractivity contribution < 1.29 is 9.84 Å². The van der Waals surface area contributed by atoms with E-state index in [1.807, 2.05) is 0 Å². The molecule has 0 aromatic carbocycles. The fourth-order valence-corrected chi connectivity index (χ4v) is 1.34. The maximum absolute atomic E-state index is 11.4. The summed E-state index contributed by atoms with van der Waals surface area (Å²) in [7, 11) is 1.52. The molecule has 0 aliphatic rings. The Balaban J connectivity index is 2.74. The minimum absolute atomic E-state index is 0.0629. The van der Waals surface area contributed by atoms with Crippen molar-refractivity contribution in [2.24, 2.45) is 0 Å². The minimum Gasteiger partial charge on any atom is -0.394 e. The minimum atomic E-state index is -0.379. The first-order valence-corrected chi connectivity index (χ1v) is 5.05. The number of ether oxygens (including phenoxy) is 1. The molecule has 0 bridgehead atoms. The predicted molar refractivity (Wildman–Crippen MR) is 60.1 cm³/mol. The Bertz CT molecular complexity index is 399. The largest absolute Gasteiger partial charge is 0.394 e. The normalized spacial score (nSPS) is 12.7. The number of hydrogen-bond acceptors (Lipinski definition) is 5. The summed E-state index contributed by atoms with van der Waals surface area (Å²) in [5.74, 6) is 0.256. The number of nitrogens with zero attached hydrogens (tertiary/aromatic N) is 2. The highest BCUT2D eigenvalue weighted by molar-refractivity contribution is 5.34. The summed E-state index contributed by atoms with van der Waals surface area (Å²) >= 11 is 0. The molecule has 1 aromatic heterocycles. The van der Waals surface area contributed by atoms with Gasteiger partial charge in [0.2, 0.25) is 0 Å². The van der Waals surface area contributed by atoms with Gasteiger partial charge in [0.05, 0.1) is 12.7 Å². The number of aliphatic hydroxyl groups is 1. The molecule has 1 heterocycles. The number of nitrogen functional groups attached to an aromatic ring is 1. The van der Waals surface area contributed by atoms with Crippen molar-refractivity contribution in [2.75, 3.05) is 19.5 Å². The number of methoxy groups -OCH3 is 1. The van der Waals surface area contributed by atoms with Gasteiger partial charge in [-0.15, -0.1) is 0 Å². The molecule has 0 radical (unpaired) electrons. The lowest BCUT2D eigenvalue weighted by atomic mass is 10.2. The van der Waals surface area contributed by atoms with E-state index in [4.69, 9.17) is 15.6 Å². The van der Waals surface area contributed by atoms with Gasteiger partial charge in [-0.2, -0.15) is 4.98 Å². The van der Waals surface area contributed by atoms with Crippen LogP contribution in [0.1, 0.15) is 12.0 Å². The van der Waals surface area contributed by atoms with Crippen LogP contribution in [0.5, 0.6) is 0 Å². The molecule has 1 atom stereocenters. The monoisotopic (exact) mass is 227 g/mol. The number of anilines is 1. The number of hydrogen-bond donors (Lipinski definition) is 2. The van der Waals surface area contributed by atoms with Crippen molar-refractivity contribution in [3.8, 4) is 0 Å². The van der Waals surface area contributed by atoms with Gasteiger partial charge >= 0.3 is 5.69 Å². The van der Waals surface area contributed by atoms with Crippen LogP contribution < -0.4 is 11.4 Å². The van der Waals surface area contributed by atoms with E-state index in [-0.39, 0.29) is 24.2 Å². The Morgan fingerprint density at radius 3 is 2.94 bits per heavy atom. The first-order valence-electron chi connectivity index (χ1n) is 5.05.